The Morgan fingerprint density at radius 2 is 2.17 bits per heavy atom. The summed E-state index contributed by atoms with van der Waals surface area (Å²) in [7, 11) is 0. The van der Waals surface area contributed by atoms with Crippen molar-refractivity contribution in [1.82, 2.24) is 9.97 Å². The lowest BCUT2D eigenvalue weighted by Gasteiger charge is -2.25. The van der Waals surface area contributed by atoms with Gasteiger partial charge in [0.2, 0.25) is 5.28 Å². The minimum Gasteiger partial charge on any atom is -0.391 e. The van der Waals surface area contributed by atoms with Crippen LogP contribution in [0.1, 0.15) is 18.9 Å². The molecule has 1 N–H and O–H groups in total. The van der Waals surface area contributed by atoms with Crippen LogP contribution in [0.15, 0.2) is 6.20 Å². The van der Waals surface area contributed by atoms with Crippen molar-refractivity contribution in [2.75, 3.05) is 11.4 Å². The number of aliphatic hydroxyl groups excluding tert-OH is 1. The zero-order valence-corrected chi connectivity index (χ0v) is 10.2. The van der Waals surface area contributed by atoms with Gasteiger partial charge in [-0.15, -0.1) is 0 Å². The largest absolute Gasteiger partial charge is 0.421 e. The van der Waals surface area contributed by atoms with E-state index in [0.717, 1.165) is 0 Å². The Kier molecular flexibility index (Phi) is 3.37. The van der Waals surface area contributed by atoms with Gasteiger partial charge >= 0.3 is 6.18 Å². The molecule has 1 aromatic rings. The third-order valence-corrected chi connectivity index (χ3v) is 3.05. The Morgan fingerprint density at radius 1 is 1.50 bits per heavy atom. The van der Waals surface area contributed by atoms with E-state index in [1.165, 1.54) is 4.90 Å². The maximum Gasteiger partial charge on any atom is 0.421 e. The molecular weight excluding hydrogens is 271 g/mol. The van der Waals surface area contributed by atoms with E-state index in [1.54, 1.807) is 6.92 Å². The third kappa shape index (κ3) is 2.51. The van der Waals surface area contributed by atoms with Crippen LogP contribution in [0.25, 0.3) is 0 Å². The van der Waals surface area contributed by atoms with Crippen LogP contribution < -0.4 is 4.90 Å². The van der Waals surface area contributed by atoms with E-state index in [4.69, 9.17) is 11.6 Å². The number of alkyl halides is 3. The molecule has 0 aromatic carbocycles. The van der Waals surface area contributed by atoms with Gasteiger partial charge in [0, 0.05) is 18.8 Å². The van der Waals surface area contributed by atoms with Gasteiger partial charge < -0.3 is 10.0 Å². The van der Waals surface area contributed by atoms with Crippen LogP contribution in [-0.2, 0) is 6.18 Å². The number of halogens is 4. The first-order valence-corrected chi connectivity index (χ1v) is 5.71. The van der Waals surface area contributed by atoms with Gasteiger partial charge in [-0.1, -0.05) is 0 Å². The maximum absolute atomic E-state index is 12.8. The van der Waals surface area contributed by atoms with Gasteiger partial charge in [0.05, 0.1) is 6.10 Å². The summed E-state index contributed by atoms with van der Waals surface area (Å²) in [5.41, 5.74) is -0.937. The minimum atomic E-state index is -4.55. The van der Waals surface area contributed by atoms with Crippen LogP contribution in [0, 0.1) is 0 Å². The van der Waals surface area contributed by atoms with Crippen molar-refractivity contribution in [2.45, 2.75) is 31.7 Å². The molecule has 4 nitrogen and oxygen atoms in total. The van der Waals surface area contributed by atoms with E-state index >= 15 is 0 Å². The van der Waals surface area contributed by atoms with E-state index in [1.807, 2.05) is 0 Å². The molecule has 0 spiro atoms. The molecule has 0 unspecified atom stereocenters. The lowest BCUT2D eigenvalue weighted by atomic mass is 10.2. The molecule has 2 atom stereocenters. The zero-order valence-electron chi connectivity index (χ0n) is 9.45. The van der Waals surface area contributed by atoms with Crippen LogP contribution in [0.5, 0.6) is 0 Å². The Bertz CT molecular complexity index is 454. The number of anilines is 1. The molecule has 1 saturated heterocycles. The van der Waals surface area contributed by atoms with E-state index in [0.29, 0.717) is 12.6 Å². The fourth-order valence-corrected chi connectivity index (χ4v) is 2.20. The highest BCUT2D eigenvalue weighted by molar-refractivity contribution is 6.28. The fourth-order valence-electron chi connectivity index (χ4n) is 2.07. The second kappa shape index (κ2) is 4.55. The molecule has 18 heavy (non-hydrogen) atoms. The molecule has 2 heterocycles. The number of hydrogen-bond donors (Lipinski definition) is 1. The third-order valence-electron chi connectivity index (χ3n) is 2.87. The summed E-state index contributed by atoms with van der Waals surface area (Å²) in [4.78, 5) is 8.43. The summed E-state index contributed by atoms with van der Waals surface area (Å²) in [6.45, 7) is 1.84. The van der Waals surface area contributed by atoms with Crippen molar-refractivity contribution in [3.63, 3.8) is 0 Å². The normalized spacial score (nSPS) is 24.7. The molecule has 1 fully saturated rings. The van der Waals surface area contributed by atoms with Gasteiger partial charge in [-0.2, -0.15) is 18.2 Å². The first-order valence-electron chi connectivity index (χ1n) is 5.33. The summed E-state index contributed by atoms with van der Waals surface area (Å²) in [5.74, 6) is -0.272. The van der Waals surface area contributed by atoms with Crippen molar-refractivity contribution in [1.29, 1.82) is 0 Å². The second-order valence-corrected chi connectivity index (χ2v) is 4.60. The molecule has 0 aliphatic carbocycles. The summed E-state index contributed by atoms with van der Waals surface area (Å²) in [6.07, 6.45) is -4.14. The van der Waals surface area contributed by atoms with Crippen LogP contribution in [0.3, 0.4) is 0 Å². The second-order valence-electron chi connectivity index (χ2n) is 4.26. The van der Waals surface area contributed by atoms with Gasteiger partial charge in [-0.05, 0) is 24.9 Å². The van der Waals surface area contributed by atoms with Crippen LogP contribution in [0.2, 0.25) is 5.28 Å². The SMILES string of the molecule is C[C@H]1C[C@H](O)CN1c1nc(Cl)ncc1C(F)(F)F. The molecule has 8 heteroatoms. The predicted octanol–water partition coefficient (Wildman–Crippen LogP) is 2.11. The van der Waals surface area contributed by atoms with Crippen molar-refractivity contribution in [2.24, 2.45) is 0 Å². The summed E-state index contributed by atoms with van der Waals surface area (Å²) in [6, 6.07) is -0.230. The number of β-amino-alcohol motifs (C(OH)–C–C–N with tert-alkyl or cyclic N) is 1. The molecule has 0 bridgehead atoms. The Hall–Kier alpha value is -1.08. The highest BCUT2D eigenvalue weighted by atomic mass is 35.5. The molecule has 0 amide bonds. The lowest BCUT2D eigenvalue weighted by Crippen LogP contribution is -2.31. The fraction of sp³-hybridized carbons (Fsp3) is 0.600. The Morgan fingerprint density at radius 3 is 2.67 bits per heavy atom. The van der Waals surface area contributed by atoms with Gasteiger partial charge in [0.25, 0.3) is 0 Å². The summed E-state index contributed by atoms with van der Waals surface area (Å²) >= 11 is 5.55. The van der Waals surface area contributed by atoms with Crippen molar-refractivity contribution < 1.29 is 18.3 Å². The van der Waals surface area contributed by atoms with Crippen molar-refractivity contribution in [3.05, 3.63) is 17.0 Å². The topological polar surface area (TPSA) is 49.2 Å². The Balaban J connectivity index is 2.46. The van der Waals surface area contributed by atoms with E-state index in [2.05, 4.69) is 9.97 Å². The summed E-state index contributed by atoms with van der Waals surface area (Å²) < 4.78 is 38.5. The average Bonchev–Trinajstić information content (AvgIpc) is 2.55. The monoisotopic (exact) mass is 281 g/mol. The highest BCUT2D eigenvalue weighted by Crippen LogP contribution is 2.37. The molecule has 1 aliphatic rings. The molecule has 0 saturated carbocycles. The molecule has 100 valence electrons. The quantitative estimate of drug-likeness (QED) is 0.801. The maximum atomic E-state index is 12.8. The lowest BCUT2D eigenvalue weighted by molar-refractivity contribution is -0.137. The van der Waals surface area contributed by atoms with Crippen molar-refractivity contribution in [3.8, 4) is 0 Å². The first kappa shape index (κ1) is 13.4. The van der Waals surface area contributed by atoms with Crippen LogP contribution in [0.4, 0.5) is 19.0 Å². The number of rotatable bonds is 1. The minimum absolute atomic E-state index is 0.109. The number of aromatic nitrogens is 2. The highest BCUT2D eigenvalue weighted by Gasteiger charge is 2.39. The smallest absolute Gasteiger partial charge is 0.391 e. The molecule has 1 aromatic heterocycles. The van der Waals surface area contributed by atoms with E-state index < -0.39 is 17.8 Å². The first-order chi connectivity index (χ1) is 8.29. The van der Waals surface area contributed by atoms with E-state index in [9.17, 15) is 18.3 Å². The Labute approximate surface area is 106 Å². The molecular formula is C10H11ClF3N3O. The van der Waals surface area contributed by atoms with Crippen LogP contribution in [-0.4, -0.2) is 33.8 Å². The molecule has 1 aliphatic heterocycles. The molecule has 2 rings (SSSR count). The van der Waals surface area contributed by atoms with E-state index in [-0.39, 0.29) is 23.7 Å². The van der Waals surface area contributed by atoms with Gasteiger partial charge in [0.15, 0.2) is 0 Å². The van der Waals surface area contributed by atoms with Crippen molar-refractivity contribution >= 4 is 17.4 Å². The number of aliphatic hydroxyl groups is 1. The van der Waals surface area contributed by atoms with Gasteiger partial charge in [0.1, 0.15) is 11.4 Å². The van der Waals surface area contributed by atoms with Gasteiger partial charge in [-0.3, -0.25) is 0 Å². The number of nitrogens with zero attached hydrogens (tertiary/aromatic N) is 3. The summed E-state index contributed by atoms with van der Waals surface area (Å²) in [5, 5.41) is 9.25. The van der Waals surface area contributed by atoms with Crippen LogP contribution >= 0.6 is 11.6 Å². The van der Waals surface area contributed by atoms with Gasteiger partial charge in [-0.25, -0.2) is 4.98 Å². The predicted molar refractivity (Wildman–Crippen MR) is 59.5 cm³/mol. The zero-order chi connectivity index (χ0) is 13.5. The molecule has 0 radical (unpaired) electrons. The average molecular weight is 282 g/mol. The standard InChI is InChI=1S/C10H11ClF3N3O/c1-5-2-6(18)4-17(5)8-7(10(12,13)14)3-15-9(11)16-8/h3,5-6,18H,2,4H2,1H3/t5-,6-/m0/s1. The number of hydrogen-bond acceptors (Lipinski definition) is 4.